The number of rotatable bonds is 6. The Bertz CT molecular complexity index is 737. The van der Waals surface area contributed by atoms with Crippen LogP contribution in [0.2, 0.25) is 0 Å². The van der Waals surface area contributed by atoms with E-state index in [2.05, 4.69) is 15.5 Å². The van der Waals surface area contributed by atoms with E-state index in [0.717, 1.165) is 25.1 Å². The number of hydrogen-bond acceptors (Lipinski definition) is 5. The smallest absolute Gasteiger partial charge is 0.344 e. The monoisotopic (exact) mass is 348 g/mol. The summed E-state index contributed by atoms with van der Waals surface area (Å²) < 4.78 is 7.13. The Morgan fingerprint density at radius 3 is 3.00 bits per heavy atom. The molecule has 0 saturated carbocycles. The molecule has 2 heterocycles. The molecule has 3 rings (SSSR count). The van der Waals surface area contributed by atoms with Gasteiger partial charge in [-0.15, -0.1) is 5.10 Å². The molecular weight excluding hydrogens is 328 g/mol. The van der Waals surface area contributed by atoms with Crippen molar-refractivity contribution in [2.24, 2.45) is 0 Å². The van der Waals surface area contributed by atoms with Gasteiger partial charge >= 0.3 is 5.69 Å². The van der Waals surface area contributed by atoms with Crippen molar-refractivity contribution in [1.29, 1.82) is 0 Å². The zero-order chi connectivity index (χ0) is 16.9. The summed E-state index contributed by atoms with van der Waals surface area (Å²) >= 11 is 1.25. The van der Waals surface area contributed by atoms with Crippen LogP contribution in [0.15, 0.2) is 40.3 Å². The second kappa shape index (κ2) is 7.67. The van der Waals surface area contributed by atoms with E-state index in [9.17, 15) is 9.59 Å². The Morgan fingerprint density at radius 1 is 1.50 bits per heavy atom. The molecule has 2 N–H and O–H groups in total. The lowest BCUT2D eigenvalue weighted by atomic mass is 10.2. The van der Waals surface area contributed by atoms with Crippen molar-refractivity contribution < 1.29 is 9.53 Å². The van der Waals surface area contributed by atoms with Crippen LogP contribution >= 0.6 is 11.8 Å². The summed E-state index contributed by atoms with van der Waals surface area (Å²) in [5.41, 5.74) is 0.470. The Kier molecular flexibility index (Phi) is 5.37. The topological polar surface area (TPSA) is 89.0 Å². The zero-order valence-electron chi connectivity index (χ0n) is 13.4. The molecular formula is C16H20N4O3S. The number of para-hydroxylation sites is 1. The summed E-state index contributed by atoms with van der Waals surface area (Å²) in [6.07, 6.45) is 1.98. The van der Waals surface area contributed by atoms with Crippen LogP contribution in [0.3, 0.4) is 0 Å². The zero-order valence-corrected chi connectivity index (χ0v) is 14.2. The lowest BCUT2D eigenvalue weighted by Gasteiger charge is -2.14. The summed E-state index contributed by atoms with van der Waals surface area (Å²) in [4.78, 5) is 24.2. The van der Waals surface area contributed by atoms with E-state index in [1.807, 2.05) is 30.3 Å². The minimum Gasteiger partial charge on any atom is -0.376 e. The van der Waals surface area contributed by atoms with Gasteiger partial charge in [-0.3, -0.25) is 9.36 Å². The normalized spacial score (nSPS) is 18.5. The van der Waals surface area contributed by atoms with E-state index >= 15 is 0 Å². The van der Waals surface area contributed by atoms with Gasteiger partial charge in [0, 0.05) is 12.3 Å². The first-order chi connectivity index (χ1) is 11.6. The number of aromatic nitrogens is 3. The molecule has 0 aliphatic carbocycles. The summed E-state index contributed by atoms with van der Waals surface area (Å²) in [6.45, 7) is 2.98. The van der Waals surface area contributed by atoms with Crippen LogP contribution in [0, 0.1) is 0 Å². The molecule has 2 unspecified atom stereocenters. The molecule has 1 aromatic carbocycles. The average molecular weight is 348 g/mol. The molecule has 128 valence electrons. The summed E-state index contributed by atoms with van der Waals surface area (Å²) in [6, 6.07) is 9.27. The Balaban J connectivity index is 1.64. The number of carbonyl (C=O) groups excluding carboxylic acids is 1. The van der Waals surface area contributed by atoms with E-state index in [1.54, 1.807) is 11.5 Å². The molecule has 2 aromatic rings. The average Bonchev–Trinajstić information content (AvgIpc) is 3.21. The first-order valence-electron chi connectivity index (χ1n) is 7.93. The van der Waals surface area contributed by atoms with Gasteiger partial charge in [0.1, 0.15) is 0 Å². The van der Waals surface area contributed by atoms with E-state index < -0.39 is 0 Å². The fourth-order valence-electron chi connectivity index (χ4n) is 2.52. The highest BCUT2D eigenvalue weighted by molar-refractivity contribution is 8.00. The Morgan fingerprint density at radius 2 is 2.29 bits per heavy atom. The van der Waals surface area contributed by atoms with Crippen molar-refractivity contribution in [3.63, 3.8) is 0 Å². The Hall–Kier alpha value is -2.06. The maximum atomic E-state index is 12.3. The predicted molar refractivity (Wildman–Crippen MR) is 92.2 cm³/mol. The van der Waals surface area contributed by atoms with Crippen LogP contribution < -0.4 is 11.0 Å². The maximum absolute atomic E-state index is 12.3. The molecule has 1 aromatic heterocycles. The van der Waals surface area contributed by atoms with Gasteiger partial charge in [-0.1, -0.05) is 30.0 Å². The number of nitrogens with one attached hydrogen (secondary N) is 2. The first-order valence-corrected chi connectivity index (χ1v) is 8.81. The molecule has 0 spiro atoms. The molecule has 8 heteroatoms. The summed E-state index contributed by atoms with van der Waals surface area (Å²) in [5.74, 6) is -0.134. The number of anilines is 1. The van der Waals surface area contributed by atoms with Crippen LogP contribution in [0.4, 0.5) is 5.69 Å². The molecule has 1 fully saturated rings. The van der Waals surface area contributed by atoms with Gasteiger partial charge in [0.15, 0.2) is 5.16 Å². The number of aromatic amines is 1. The number of hydrogen-bond donors (Lipinski definition) is 2. The van der Waals surface area contributed by atoms with Crippen LogP contribution in [-0.2, 0) is 16.1 Å². The third-order valence-corrected chi connectivity index (χ3v) is 4.92. The number of ether oxygens (including phenoxy) is 1. The fraction of sp³-hybridized carbons (Fsp3) is 0.438. The van der Waals surface area contributed by atoms with Gasteiger partial charge in [0.05, 0.1) is 17.9 Å². The quantitative estimate of drug-likeness (QED) is 0.778. The maximum Gasteiger partial charge on any atom is 0.344 e. The van der Waals surface area contributed by atoms with Crippen LogP contribution in [0.1, 0.15) is 19.8 Å². The predicted octanol–water partition coefficient (Wildman–Crippen LogP) is 1.87. The molecule has 24 heavy (non-hydrogen) atoms. The van der Waals surface area contributed by atoms with Gasteiger partial charge in [0.2, 0.25) is 5.91 Å². The fourth-order valence-corrected chi connectivity index (χ4v) is 3.39. The molecule has 1 amide bonds. The molecule has 1 aliphatic heterocycles. The van der Waals surface area contributed by atoms with Gasteiger partial charge in [-0.25, -0.2) is 9.89 Å². The Labute approximate surface area is 143 Å². The van der Waals surface area contributed by atoms with Crippen LogP contribution in [0.5, 0.6) is 0 Å². The SMILES string of the molecule is CC(Sc1n[nH]c(=O)n1CC1CCCO1)C(=O)Nc1ccccc1. The highest BCUT2D eigenvalue weighted by Gasteiger charge is 2.22. The number of thioether (sulfide) groups is 1. The third-order valence-electron chi connectivity index (χ3n) is 3.83. The van der Waals surface area contributed by atoms with Crippen LogP contribution in [0.25, 0.3) is 0 Å². The van der Waals surface area contributed by atoms with Crippen molar-refractivity contribution in [3.05, 3.63) is 40.8 Å². The summed E-state index contributed by atoms with van der Waals surface area (Å²) in [5, 5.41) is 9.47. The number of benzene rings is 1. The van der Waals surface area contributed by atoms with E-state index in [-0.39, 0.29) is 23.0 Å². The number of H-pyrrole nitrogens is 1. The highest BCUT2D eigenvalue weighted by Crippen LogP contribution is 2.23. The first kappa shape index (κ1) is 16.8. The van der Waals surface area contributed by atoms with Crippen molar-refractivity contribution in [2.45, 2.75) is 42.8 Å². The number of nitrogens with zero attached hydrogens (tertiary/aromatic N) is 2. The number of amides is 1. The molecule has 7 nitrogen and oxygen atoms in total. The summed E-state index contributed by atoms with van der Waals surface area (Å²) in [7, 11) is 0. The van der Waals surface area contributed by atoms with Crippen molar-refractivity contribution in [2.75, 3.05) is 11.9 Å². The minimum absolute atomic E-state index is 0.0353. The third kappa shape index (κ3) is 4.07. The lowest BCUT2D eigenvalue weighted by Crippen LogP contribution is -2.26. The van der Waals surface area contributed by atoms with E-state index in [1.165, 1.54) is 11.8 Å². The molecule has 1 saturated heterocycles. The largest absolute Gasteiger partial charge is 0.376 e. The molecule has 0 bridgehead atoms. The van der Waals surface area contributed by atoms with Gasteiger partial charge in [0.25, 0.3) is 0 Å². The van der Waals surface area contributed by atoms with Gasteiger partial charge in [-0.05, 0) is 31.9 Å². The lowest BCUT2D eigenvalue weighted by molar-refractivity contribution is -0.115. The van der Waals surface area contributed by atoms with Crippen LogP contribution in [-0.4, -0.2) is 38.6 Å². The van der Waals surface area contributed by atoms with Gasteiger partial charge in [-0.2, -0.15) is 0 Å². The second-order valence-electron chi connectivity index (χ2n) is 5.67. The van der Waals surface area contributed by atoms with Crippen molar-refractivity contribution in [1.82, 2.24) is 14.8 Å². The van der Waals surface area contributed by atoms with Crippen molar-refractivity contribution >= 4 is 23.4 Å². The number of carbonyl (C=O) groups is 1. The van der Waals surface area contributed by atoms with Crippen molar-refractivity contribution in [3.8, 4) is 0 Å². The molecule has 0 radical (unpaired) electrons. The van der Waals surface area contributed by atoms with Gasteiger partial charge < -0.3 is 10.1 Å². The highest BCUT2D eigenvalue weighted by atomic mass is 32.2. The minimum atomic E-state index is -0.386. The second-order valence-corrected chi connectivity index (χ2v) is 6.98. The standard InChI is InChI=1S/C16H20N4O3S/c1-11(14(21)17-12-6-3-2-4-7-12)24-16-19-18-15(22)20(16)10-13-8-5-9-23-13/h2-4,6-7,11,13H,5,8-10H2,1H3,(H,17,21)(H,18,22). The van der Waals surface area contributed by atoms with E-state index in [4.69, 9.17) is 4.74 Å². The molecule has 2 atom stereocenters. The molecule has 1 aliphatic rings. The van der Waals surface area contributed by atoms with E-state index in [0.29, 0.717) is 11.7 Å².